The van der Waals surface area contributed by atoms with Gasteiger partial charge < -0.3 is 4.90 Å². The second-order valence-corrected chi connectivity index (χ2v) is 9.64. The minimum absolute atomic E-state index is 0.0433. The van der Waals surface area contributed by atoms with E-state index in [9.17, 15) is 9.59 Å². The third-order valence-corrected chi connectivity index (χ3v) is 7.52. The number of aryl methyl sites for hydroxylation is 3. The smallest absolute Gasteiger partial charge is 0.263 e. The molecule has 1 aliphatic carbocycles. The molecule has 5 nitrogen and oxygen atoms in total. The molecule has 2 aromatic carbocycles. The molecule has 2 heterocycles. The van der Waals surface area contributed by atoms with Gasteiger partial charge in [-0.25, -0.2) is 4.98 Å². The Bertz CT molecular complexity index is 1390. The SMILES string of the molecule is CCN(C(=O)Cn1c(-c2ccccc2)nc2sc3c(c2c1=O)CCCC3)c1cccc(C)c1. The van der Waals surface area contributed by atoms with Crippen molar-refractivity contribution in [2.24, 2.45) is 0 Å². The highest BCUT2D eigenvalue weighted by Crippen LogP contribution is 2.35. The van der Waals surface area contributed by atoms with E-state index in [0.717, 1.165) is 52.9 Å². The molecule has 4 aromatic rings. The van der Waals surface area contributed by atoms with Gasteiger partial charge in [0.1, 0.15) is 17.2 Å². The average molecular weight is 458 g/mol. The lowest BCUT2D eigenvalue weighted by molar-refractivity contribution is -0.119. The fourth-order valence-corrected chi connectivity index (χ4v) is 5.96. The predicted octanol–water partition coefficient (Wildman–Crippen LogP) is 5.37. The Balaban J connectivity index is 1.65. The van der Waals surface area contributed by atoms with Crippen LogP contribution in [0.5, 0.6) is 0 Å². The van der Waals surface area contributed by atoms with Crippen LogP contribution in [0, 0.1) is 6.92 Å². The Morgan fingerprint density at radius 1 is 1.09 bits per heavy atom. The normalized spacial score (nSPS) is 13.2. The van der Waals surface area contributed by atoms with E-state index in [1.807, 2.05) is 68.4 Å². The van der Waals surface area contributed by atoms with Gasteiger partial charge in [0, 0.05) is 22.7 Å². The number of carbonyl (C=O) groups excluding carboxylic acids is 1. The van der Waals surface area contributed by atoms with Gasteiger partial charge >= 0.3 is 0 Å². The summed E-state index contributed by atoms with van der Waals surface area (Å²) in [7, 11) is 0. The van der Waals surface area contributed by atoms with Gasteiger partial charge in [0.05, 0.1) is 5.39 Å². The van der Waals surface area contributed by atoms with E-state index in [0.29, 0.717) is 17.8 Å². The number of hydrogen-bond acceptors (Lipinski definition) is 4. The molecule has 0 saturated carbocycles. The van der Waals surface area contributed by atoms with Crippen LogP contribution in [0.15, 0.2) is 59.4 Å². The van der Waals surface area contributed by atoms with Crippen LogP contribution >= 0.6 is 11.3 Å². The van der Waals surface area contributed by atoms with Crippen molar-refractivity contribution < 1.29 is 4.79 Å². The van der Waals surface area contributed by atoms with E-state index in [1.54, 1.807) is 20.8 Å². The van der Waals surface area contributed by atoms with Gasteiger partial charge in [0.25, 0.3) is 5.56 Å². The summed E-state index contributed by atoms with van der Waals surface area (Å²) in [5, 5.41) is 0.709. The number of nitrogens with zero attached hydrogens (tertiary/aromatic N) is 3. The predicted molar refractivity (Wildman–Crippen MR) is 135 cm³/mol. The first-order chi connectivity index (χ1) is 16.1. The van der Waals surface area contributed by atoms with Crippen LogP contribution in [0.25, 0.3) is 21.6 Å². The van der Waals surface area contributed by atoms with Crippen LogP contribution < -0.4 is 10.5 Å². The van der Waals surface area contributed by atoms with Crippen molar-refractivity contribution >= 4 is 33.1 Å². The van der Waals surface area contributed by atoms with Crippen molar-refractivity contribution in [2.45, 2.75) is 46.1 Å². The number of aromatic nitrogens is 2. The van der Waals surface area contributed by atoms with E-state index >= 15 is 0 Å². The quantitative estimate of drug-likeness (QED) is 0.405. The Morgan fingerprint density at radius 2 is 1.88 bits per heavy atom. The standard InChI is InChI=1S/C27H27N3O2S/c1-3-29(20-13-9-10-18(2)16-20)23(31)17-30-25(19-11-5-4-6-12-19)28-26-24(27(30)32)21-14-7-8-15-22(21)33-26/h4-6,9-13,16H,3,7-8,14-15,17H2,1-2H3. The Labute approximate surface area is 197 Å². The van der Waals surface area contributed by atoms with Crippen molar-refractivity contribution in [1.29, 1.82) is 0 Å². The van der Waals surface area contributed by atoms with Crippen molar-refractivity contribution in [3.8, 4) is 11.4 Å². The molecule has 0 aliphatic heterocycles. The number of amides is 1. The summed E-state index contributed by atoms with van der Waals surface area (Å²) in [4.78, 5) is 36.1. The molecule has 0 radical (unpaired) electrons. The first-order valence-electron chi connectivity index (χ1n) is 11.5. The van der Waals surface area contributed by atoms with Gasteiger partial charge in [0.2, 0.25) is 5.91 Å². The number of likely N-dealkylation sites (N-methyl/N-ethyl adjacent to an activating group) is 1. The number of fused-ring (bicyclic) bond motifs is 3. The molecule has 0 spiro atoms. The summed E-state index contributed by atoms with van der Waals surface area (Å²) in [6, 6.07) is 17.6. The summed E-state index contributed by atoms with van der Waals surface area (Å²) in [5.41, 5.74) is 3.82. The van der Waals surface area contributed by atoms with Gasteiger partial charge in [-0.1, -0.05) is 42.5 Å². The molecule has 0 fully saturated rings. The minimum atomic E-state index is -0.118. The molecule has 6 heteroatoms. The van der Waals surface area contributed by atoms with Crippen LogP contribution in [0.1, 0.15) is 35.8 Å². The summed E-state index contributed by atoms with van der Waals surface area (Å²) >= 11 is 1.64. The van der Waals surface area contributed by atoms with Crippen LogP contribution in [-0.2, 0) is 24.2 Å². The second kappa shape index (κ2) is 8.94. The lowest BCUT2D eigenvalue weighted by atomic mass is 9.97. The molecule has 168 valence electrons. The third kappa shape index (κ3) is 4.00. The molecule has 1 aliphatic rings. The molecule has 1 amide bonds. The highest BCUT2D eigenvalue weighted by atomic mass is 32.1. The third-order valence-electron chi connectivity index (χ3n) is 6.33. The Kier molecular flexibility index (Phi) is 5.85. The van der Waals surface area contributed by atoms with E-state index < -0.39 is 0 Å². The number of carbonyl (C=O) groups is 1. The molecule has 0 N–H and O–H groups in total. The Hall–Kier alpha value is -3.25. The maximum atomic E-state index is 13.9. The molecular formula is C27H27N3O2S. The van der Waals surface area contributed by atoms with Gasteiger partial charge in [-0.05, 0) is 62.8 Å². The van der Waals surface area contributed by atoms with Crippen molar-refractivity contribution in [3.63, 3.8) is 0 Å². The van der Waals surface area contributed by atoms with E-state index in [2.05, 4.69) is 0 Å². The number of hydrogen-bond donors (Lipinski definition) is 0. The zero-order chi connectivity index (χ0) is 22.9. The fraction of sp³-hybridized carbons (Fsp3) is 0.296. The molecule has 0 unspecified atom stereocenters. The molecule has 0 atom stereocenters. The molecule has 0 saturated heterocycles. The molecular weight excluding hydrogens is 430 g/mol. The molecule has 2 aromatic heterocycles. The Morgan fingerprint density at radius 3 is 2.64 bits per heavy atom. The molecule has 5 rings (SSSR count). The van der Waals surface area contributed by atoms with E-state index in [1.165, 1.54) is 4.88 Å². The molecule has 0 bridgehead atoms. The summed E-state index contributed by atoms with van der Waals surface area (Å²) in [6.07, 6.45) is 4.16. The maximum absolute atomic E-state index is 13.9. The van der Waals surface area contributed by atoms with E-state index in [4.69, 9.17) is 4.98 Å². The highest BCUT2D eigenvalue weighted by molar-refractivity contribution is 7.18. The topological polar surface area (TPSA) is 55.2 Å². The number of benzene rings is 2. The maximum Gasteiger partial charge on any atom is 0.263 e. The fourth-order valence-electron chi connectivity index (χ4n) is 4.71. The summed E-state index contributed by atoms with van der Waals surface area (Å²) in [6.45, 7) is 4.45. The first kappa shape index (κ1) is 21.6. The lowest BCUT2D eigenvalue weighted by Gasteiger charge is -2.23. The van der Waals surface area contributed by atoms with Gasteiger partial charge in [-0.15, -0.1) is 11.3 Å². The van der Waals surface area contributed by atoms with Crippen molar-refractivity contribution in [2.75, 3.05) is 11.4 Å². The zero-order valence-electron chi connectivity index (χ0n) is 19.0. The minimum Gasteiger partial charge on any atom is -0.311 e. The number of rotatable bonds is 5. The largest absolute Gasteiger partial charge is 0.311 e. The van der Waals surface area contributed by atoms with Gasteiger partial charge in [-0.3, -0.25) is 14.2 Å². The van der Waals surface area contributed by atoms with E-state index in [-0.39, 0.29) is 18.0 Å². The average Bonchev–Trinajstić information content (AvgIpc) is 3.20. The number of thiophene rings is 1. The summed E-state index contributed by atoms with van der Waals surface area (Å²) in [5.74, 6) is 0.438. The van der Waals surface area contributed by atoms with Gasteiger partial charge in [-0.2, -0.15) is 0 Å². The van der Waals surface area contributed by atoms with Crippen LogP contribution in [0.2, 0.25) is 0 Å². The highest BCUT2D eigenvalue weighted by Gasteiger charge is 2.24. The van der Waals surface area contributed by atoms with Crippen LogP contribution in [0.3, 0.4) is 0 Å². The van der Waals surface area contributed by atoms with Crippen molar-refractivity contribution in [1.82, 2.24) is 9.55 Å². The lowest BCUT2D eigenvalue weighted by Crippen LogP contribution is -2.37. The summed E-state index contributed by atoms with van der Waals surface area (Å²) < 4.78 is 1.58. The number of anilines is 1. The first-order valence-corrected chi connectivity index (χ1v) is 12.4. The van der Waals surface area contributed by atoms with Crippen molar-refractivity contribution in [3.05, 3.63) is 81.0 Å². The molecule has 33 heavy (non-hydrogen) atoms. The van der Waals surface area contributed by atoms with Gasteiger partial charge in [0.15, 0.2) is 0 Å². The van der Waals surface area contributed by atoms with Crippen LogP contribution in [0.4, 0.5) is 5.69 Å². The van der Waals surface area contributed by atoms with Crippen LogP contribution in [-0.4, -0.2) is 22.0 Å². The monoisotopic (exact) mass is 457 g/mol. The zero-order valence-corrected chi connectivity index (χ0v) is 19.8. The second-order valence-electron chi connectivity index (χ2n) is 8.56.